The van der Waals surface area contributed by atoms with Crippen molar-refractivity contribution in [2.24, 2.45) is 0 Å². The van der Waals surface area contributed by atoms with E-state index in [0.29, 0.717) is 41.3 Å². The molecular weight excluding hydrogens is 1210 g/mol. The van der Waals surface area contributed by atoms with Crippen molar-refractivity contribution in [3.05, 3.63) is 117 Å². The first kappa shape index (κ1) is 65.6. The van der Waals surface area contributed by atoms with Gasteiger partial charge < -0.3 is 43.2 Å². The molecule has 3 fully saturated rings. The molecule has 5 aliphatic rings. The molecular formula is C66H79N9O14S2. The molecule has 91 heavy (non-hydrogen) atoms. The Bertz CT molecular complexity index is 4190. The number of hydrogen-bond donors (Lipinski definition) is 3. The number of likely N-dealkylation sites (tertiary alicyclic amines) is 1. The van der Waals surface area contributed by atoms with Crippen molar-refractivity contribution in [2.75, 3.05) is 89.8 Å². The Labute approximate surface area is 530 Å². The average Bonchev–Trinajstić information content (AvgIpc) is 1.59. The molecule has 2 aromatic heterocycles. The van der Waals surface area contributed by atoms with E-state index in [9.17, 15) is 50.7 Å². The summed E-state index contributed by atoms with van der Waals surface area (Å²) in [7, 11) is 5.22. The molecule has 0 radical (unpaired) electrons. The number of carbonyl (C=O) groups is 6. The van der Waals surface area contributed by atoms with E-state index in [1.54, 1.807) is 63.6 Å². The van der Waals surface area contributed by atoms with Crippen LogP contribution in [0.1, 0.15) is 119 Å². The van der Waals surface area contributed by atoms with Gasteiger partial charge in [-0.05, 0) is 133 Å². The molecule has 0 bridgehead atoms. The maximum absolute atomic E-state index is 14.1. The molecule has 1 saturated heterocycles. The normalized spacial score (nSPS) is 16.1. The van der Waals surface area contributed by atoms with Crippen LogP contribution in [0.4, 0.5) is 0 Å². The monoisotopic (exact) mass is 1290 g/mol. The van der Waals surface area contributed by atoms with Gasteiger partial charge in [-0.2, -0.15) is 25.4 Å². The van der Waals surface area contributed by atoms with Crippen molar-refractivity contribution in [3.63, 3.8) is 0 Å². The van der Waals surface area contributed by atoms with Crippen LogP contribution in [0.15, 0.2) is 83.9 Å². The van der Waals surface area contributed by atoms with Gasteiger partial charge in [0.2, 0.25) is 5.91 Å². The van der Waals surface area contributed by atoms with E-state index < -0.39 is 50.7 Å². The Kier molecular flexibility index (Phi) is 19.3. The third-order valence-corrected chi connectivity index (χ3v) is 20.8. The number of likely N-dealkylation sites (N-methyl/N-ethyl adjacent to an activating group) is 2. The van der Waals surface area contributed by atoms with Crippen LogP contribution < -0.4 is 18.9 Å². The Morgan fingerprint density at radius 3 is 1.33 bits per heavy atom. The molecule has 0 unspecified atom stereocenters. The van der Waals surface area contributed by atoms with Gasteiger partial charge in [0, 0.05) is 118 Å². The molecule has 2 saturated carbocycles. The Morgan fingerprint density at radius 2 is 0.956 bits per heavy atom. The number of amides is 5. The summed E-state index contributed by atoms with van der Waals surface area (Å²) in [5.41, 5.74) is 10.2. The van der Waals surface area contributed by atoms with Gasteiger partial charge in [-0.25, -0.2) is 9.44 Å². The maximum atomic E-state index is 14.1. The van der Waals surface area contributed by atoms with Crippen LogP contribution >= 0.6 is 0 Å². The van der Waals surface area contributed by atoms with Crippen molar-refractivity contribution < 1.29 is 64.9 Å². The third-order valence-electron chi connectivity index (χ3n) is 18.0. The lowest BCUT2D eigenvalue weighted by Gasteiger charge is -2.38. The summed E-state index contributed by atoms with van der Waals surface area (Å²) in [6, 6.07) is 22.0. The number of nitrogens with one attached hydrogen (secondary N) is 2. The van der Waals surface area contributed by atoms with Gasteiger partial charge in [0.1, 0.15) is 18.0 Å². The van der Waals surface area contributed by atoms with E-state index in [2.05, 4.69) is 14.0 Å². The first-order valence-electron chi connectivity index (χ1n) is 30.5. The van der Waals surface area contributed by atoms with Gasteiger partial charge in [0.15, 0.2) is 0 Å². The van der Waals surface area contributed by atoms with Crippen molar-refractivity contribution in [3.8, 4) is 34.0 Å². The molecule has 6 aromatic rings. The minimum Gasteiger partial charge on any atom is -0.497 e. The van der Waals surface area contributed by atoms with Crippen LogP contribution in [-0.4, -0.2) is 186 Å². The van der Waals surface area contributed by atoms with Crippen molar-refractivity contribution in [1.82, 2.24) is 41.9 Å². The van der Waals surface area contributed by atoms with Crippen LogP contribution in [0.25, 0.3) is 56.5 Å². The minimum atomic E-state index is -4.01. The number of benzene rings is 4. The van der Waals surface area contributed by atoms with E-state index in [0.717, 1.165) is 120 Å². The summed E-state index contributed by atoms with van der Waals surface area (Å²) in [6.07, 6.45) is 14.5. The van der Waals surface area contributed by atoms with E-state index >= 15 is 0 Å². The van der Waals surface area contributed by atoms with Crippen molar-refractivity contribution in [2.45, 2.75) is 95.2 Å². The number of carboxylic acid groups (broad SMARTS) is 1. The quantitative estimate of drug-likeness (QED) is 0.0801. The molecule has 3 aliphatic heterocycles. The summed E-state index contributed by atoms with van der Waals surface area (Å²) >= 11 is 0. The molecule has 4 aromatic carbocycles. The van der Waals surface area contributed by atoms with Gasteiger partial charge in [-0.3, -0.25) is 28.8 Å². The summed E-state index contributed by atoms with van der Waals surface area (Å²) < 4.78 is 76.4. The molecule has 5 heterocycles. The molecule has 484 valence electrons. The summed E-state index contributed by atoms with van der Waals surface area (Å²) in [6.45, 7) is 0.777. The lowest BCUT2D eigenvalue weighted by Crippen LogP contribution is -2.56. The zero-order chi connectivity index (χ0) is 65.4. The number of ether oxygens (including phenoxy) is 3. The molecule has 0 spiro atoms. The first-order chi connectivity index (χ1) is 43.3. The van der Waals surface area contributed by atoms with Gasteiger partial charge in [0.05, 0.1) is 51.3 Å². The van der Waals surface area contributed by atoms with E-state index in [1.165, 1.54) is 58.5 Å². The molecule has 0 atom stereocenters. The maximum Gasteiger partial charge on any atom is 0.323 e. The number of rotatable bonds is 17. The topological polar surface area (TPSA) is 269 Å². The molecule has 2 aliphatic carbocycles. The smallest absolute Gasteiger partial charge is 0.323 e. The van der Waals surface area contributed by atoms with Gasteiger partial charge in [-0.15, -0.1) is 0 Å². The highest BCUT2D eigenvalue weighted by Crippen LogP contribution is 2.49. The number of carbonyl (C=O) groups excluding carboxylic acids is 5. The fraction of sp³-hybridized carbons (Fsp3) is 0.424. The van der Waals surface area contributed by atoms with E-state index in [-0.39, 0.29) is 60.5 Å². The average molecular weight is 1290 g/mol. The second-order valence-corrected chi connectivity index (χ2v) is 28.2. The van der Waals surface area contributed by atoms with E-state index in [1.807, 2.05) is 59.2 Å². The number of aliphatic carboxylic acids is 1. The zero-order valence-electron chi connectivity index (χ0n) is 52.8. The van der Waals surface area contributed by atoms with Crippen LogP contribution in [-0.2, 0) is 57.4 Å². The molecule has 23 nitrogen and oxygen atoms in total. The Balaban J connectivity index is 0.000000201. The second kappa shape index (κ2) is 26.8. The van der Waals surface area contributed by atoms with E-state index in [4.69, 9.17) is 14.2 Å². The number of fused-ring (bicyclic) bond motifs is 10. The van der Waals surface area contributed by atoms with Crippen LogP contribution in [0.5, 0.6) is 11.5 Å². The SMILES string of the molecule is COc1ccc2c(c1)C=C(C(=O)N(C)CC(=O)N1CC(OC)C1)Cn1c-2c(C2CCCCC2)c2ccc(C(=O)NS(=O)(=O)N(C)C)cc21.COc1ccc2c(c1)C=C(C(=O)N(C)CC(=O)O)Cn1c-2c(C2CCCCC2)c2ccc(C(=O)NS(=O)(=O)N(C)C)cc21. The van der Waals surface area contributed by atoms with Crippen molar-refractivity contribution >= 4 is 89.9 Å². The van der Waals surface area contributed by atoms with Gasteiger partial charge in [0.25, 0.3) is 23.6 Å². The van der Waals surface area contributed by atoms with Gasteiger partial charge >= 0.3 is 26.4 Å². The number of hydrogen-bond acceptors (Lipinski definition) is 13. The number of carboxylic acids is 1. The van der Waals surface area contributed by atoms with Gasteiger partial charge in [-0.1, -0.05) is 50.7 Å². The number of methoxy groups -OCH3 is 3. The Hall–Kier alpha value is -8.36. The van der Waals surface area contributed by atoms with Crippen molar-refractivity contribution in [1.29, 1.82) is 0 Å². The summed E-state index contributed by atoms with van der Waals surface area (Å²) in [5, 5.41) is 11.2. The summed E-state index contributed by atoms with van der Waals surface area (Å²) in [5.74, 6) is -1.72. The zero-order valence-corrected chi connectivity index (χ0v) is 54.5. The molecule has 3 N–H and O–H groups in total. The first-order valence-corrected chi connectivity index (χ1v) is 33.3. The third kappa shape index (κ3) is 13.5. The van der Waals surface area contributed by atoms with Crippen LogP contribution in [0, 0.1) is 0 Å². The Morgan fingerprint density at radius 1 is 0.549 bits per heavy atom. The molecule has 5 amide bonds. The molecule has 11 rings (SSSR count). The van der Waals surface area contributed by atoms with Crippen LogP contribution in [0.2, 0.25) is 0 Å². The fourth-order valence-corrected chi connectivity index (χ4v) is 14.2. The number of aromatic nitrogens is 2. The highest BCUT2D eigenvalue weighted by Gasteiger charge is 2.36. The highest BCUT2D eigenvalue weighted by molar-refractivity contribution is 7.88. The molecule has 25 heteroatoms. The fourth-order valence-electron chi connectivity index (χ4n) is 13.1. The second-order valence-electron chi connectivity index (χ2n) is 24.4. The minimum absolute atomic E-state index is 0.0137. The number of nitrogens with zero attached hydrogens (tertiary/aromatic N) is 7. The lowest BCUT2D eigenvalue weighted by atomic mass is 9.81. The predicted molar refractivity (Wildman–Crippen MR) is 346 cm³/mol. The summed E-state index contributed by atoms with van der Waals surface area (Å²) in [4.78, 5) is 82.8. The lowest BCUT2D eigenvalue weighted by molar-refractivity contribution is -0.146. The van der Waals surface area contributed by atoms with Crippen LogP contribution in [0.3, 0.4) is 0 Å². The standard InChI is InChI=1S/C35H43N5O7S.C31H36N4O7S/c1-37(2)48(44,45)36-34(42)23-11-13-29-30(17-23)40-18-25(35(43)38(3)21-31(41)39-19-27(20-39)47-5)15-24-16-26(46-4)12-14-28(24)33(40)32(29)22-9-7-6-8-10-22;1-33(2)43(40,41)32-30(38)20-10-12-25-26(16-20)35-17-22(31(39)34(3)18-27(36)37)14-21-15-23(42-4)11-13-24(21)29(35)28(25)19-8-6-5-7-9-19/h11-17,22,27H,6-10,18-21H2,1-5H3,(H,36,42);10-16,19H,5-9,17-18H2,1-4H3,(H,32,38)(H,36,37). The largest absolute Gasteiger partial charge is 0.497 e. The predicted octanol–water partition coefficient (Wildman–Crippen LogP) is 7.45. The highest BCUT2D eigenvalue weighted by atomic mass is 32.2.